The highest BCUT2D eigenvalue weighted by Gasteiger charge is 2.23. The molecule has 28 heavy (non-hydrogen) atoms. The molecule has 0 aliphatic carbocycles. The van der Waals surface area contributed by atoms with Gasteiger partial charge in [0.15, 0.2) is 0 Å². The third kappa shape index (κ3) is 3.31. The van der Waals surface area contributed by atoms with Crippen LogP contribution in [0.3, 0.4) is 0 Å². The lowest BCUT2D eigenvalue weighted by Gasteiger charge is -2.19. The summed E-state index contributed by atoms with van der Waals surface area (Å²) < 4.78 is 6.73. The van der Waals surface area contributed by atoms with Crippen molar-refractivity contribution in [2.24, 2.45) is 0 Å². The van der Waals surface area contributed by atoms with E-state index in [1.165, 1.54) is 0 Å². The van der Waals surface area contributed by atoms with Gasteiger partial charge in [-0.2, -0.15) is 0 Å². The van der Waals surface area contributed by atoms with Crippen LogP contribution in [0.5, 0.6) is 0 Å². The molecule has 3 aromatic rings. The molecule has 6 heteroatoms. The first kappa shape index (κ1) is 20.1. The summed E-state index contributed by atoms with van der Waals surface area (Å²) in [6.45, 7) is 9.57. The van der Waals surface area contributed by atoms with Gasteiger partial charge in [0.25, 0.3) is 5.56 Å². The van der Waals surface area contributed by atoms with Gasteiger partial charge in [-0.3, -0.25) is 9.36 Å². The van der Waals surface area contributed by atoms with Crippen molar-refractivity contribution in [3.63, 3.8) is 0 Å². The smallest absolute Gasteiger partial charge is 0.338 e. The number of ether oxygens (including phenoxy) is 1. The zero-order chi connectivity index (χ0) is 20.6. The normalized spacial score (nSPS) is 11.2. The van der Waals surface area contributed by atoms with Crippen LogP contribution in [0, 0.1) is 13.8 Å². The van der Waals surface area contributed by atoms with Gasteiger partial charge in [-0.1, -0.05) is 37.6 Å². The minimum Gasteiger partial charge on any atom is -0.462 e. The molecule has 0 atom stereocenters. The number of nitrogens with zero attached hydrogens (tertiary/aromatic N) is 2. The largest absolute Gasteiger partial charge is 0.462 e. The third-order valence-corrected chi connectivity index (χ3v) is 5.04. The monoisotopic (exact) mass is 398 g/mol. The van der Waals surface area contributed by atoms with Crippen LogP contribution in [0.25, 0.3) is 16.6 Å². The van der Waals surface area contributed by atoms with Crippen molar-refractivity contribution in [2.45, 2.75) is 40.5 Å². The topological polar surface area (TPSA) is 61.2 Å². The Morgan fingerprint density at radius 2 is 1.93 bits per heavy atom. The van der Waals surface area contributed by atoms with Crippen LogP contribution in [0.15, 0.2) is 35.1 Å². The molecule has 0 aliphatic heterocycles. The molecule has 3 rings (SSSR count). The van der Waals surface area contributed by atoms with E-state index in [4.69, 9.17) is 21.3 Å². The predicted octanol–water partition coefficient (Wildman–Crippen LogP) is 4.96. The second-order valence-corrected chi connectivity index (χ2v) is 7.43. The molecule has 0 saturated carbocycles. The molecule has 0 saturated heterocycles. The van der Waals surface area contributed by atoms with E-state index in [2.05, 4.69) is 0 Å². The van der Waals surface area contributed by atoms with Gasteiger partial charge in [0.05, 0.1) is 33.8 Å². The highest BCUT2D eigenvalue weighted by molar-refractivity contribution is 6.32. The van der Waals surface area contributed by atoms with E-state index in [-0.39, 0.29) is 18.1 Å². The van der Waals surface area contributed by atoms with Crippen LogP contribution in [0.2, 0.25) is 5.02 Å². The van der Waals surface area contributed by atoms with Gasteiger partial charge in [-0.05, 0) is 50.1 Å². The van der Waals surface area contributed by atoms with Gasteiger partial charge < -0.3 is 4.74 Å². The van der Waals surface area contributed by atoms with E-state index in [1.54, 1.807) is 36.6 Å². The molecule has 0 unspecified atom stereocenters. The number of benzene rings is 2. The summed E-state index contributed by atoms with van der Waals surface area (Å²) in [6, 6.07) is 8.95. The fourth-order valence-electron chi connectivity index (χ4n) is 3.48. The lowest BCUT2D eigenvalue weighted by atomic mass is 9.98. The summed E-state index contributed by atoms with van der Waals surface area (Å²) in [5, 5.41) is 0.862. The lowest BCUT2D eigenvalue weighted by molar-refractivity contribution is 0.0525. The number of rotatable bonds is 4. The van der Waals surface area contributed by atoms with Crippen molar-refractivity contribution < 1.29 is 9.53 Å². The van der Waals surface area contributed by atoms with Crippen molar-refractivity contribution >= 4 is 28.5 Å². The number of carbonyl (C=O) groups excluding carboxylic acids is 1. The second kappa shape index (κ2) is 7.76. The summed E-state index contributed by atoms with van der Waals surface area (Å²) in [4.78, 5) is 30.8. The Labute approximate surface area is 168 Å². The molecule has 0 N–H and O–H groups in total. The van der Waals surface area contributed by atoms with Crippen molar-refractivity contribution in [3.05, 3.63) is 68.2 Å². The predicted molar refractivity (Wildman–Crippen MR) is 112 cm³/mol. The van der Waals surface area contributed by atoms with E-state index in [9.17, 15) is 9.59 Å². The molecule has 0 amide bonds. The van der Waals surface area contributed by atoms with Crippen molar-refractivity contribution in [1.29, 1.82) is 0 Å². The fourth-order valence-corrected chi connectivity index (χ4v) is 3.70. The van der Waals surface area contributed by atoms with Crippen LogP contribution in [-0.2, 0) is 4.74 Å². The van der Waals surface area contributed by atoms with Crippen LogP contribution in [0.1, 0.15) is 54.0 Å². The molecular formula is C22H23ClN2O3. The molecule has 5 nitrogen and oxygen atoms in total. The summed E-state index contributed by atoms with van der Waals surface area (Å²) in [5.74, 6) is 0.183. The van der Waals surface area contributed by atoms with Gasteiger partial charge in [-0.15, -0.1) is 0 Å². The molecule has 2 aromatic carbocycles. The quantitative estimate of drug-likeness (QED) is 0.583. The first-order valence-electron chi connectivity index (χ1n) is 9.26. The van der Waals surface area contributed by atoms with E-state index in [1.807, 2.05) is 32.9 Å². The number of hydrogen-bond donors (Lipinski definition) is 0. The standard InChI is InChI=1S/C22H23ClN2O3/c1-6-28-22(27)18-13(4)11-16-19(14(18)5)21(26)25(20(24-16)12(2)3)17-10-8-7-9-15(17)23/h7-12H,6H2,1-5H3. The Kier molecular flexibility index (Phi) is 5.57. The van der Waals surface area contributed by atoms with E-state index in [0.717, 1.165) is 5.56 Å². The van der Waals surface area contributed by atoms with Crippen molar-refractivity contribution in [3.8, 4) is 5.69 Å². The number of fused-ring (bicyclic) bond motifs is 1. The Balaban J connectivity index is 2.46. The maximum atomic E-state index is 13.6. The Hall–Kier alpha value is -2.66. The second-order valence-electron chi connectivity index (χ2n) is 7.02. The minimum absolute atomic E-state index is 0.00119. The van der Waals surface area contributed by atoms with Gasteiger partial charge in [0, 0.05) is 5.92 Å². The van der Waals surface area contributed by atoms with Crippen LogP contribution in [0.4, 0.5) is 0 Å². The number of aromatic nitrogens is 2. The zero-order valence-corrected chi connectivity index (χ0v) is 17.4. The number of halogens is 1. The average molecular weight is 399 g/mol. The molecular weight excluding hydrogens is 376 g/mol. The molecule has 1 heterocycles. The Morgan fingerprint density at radius 3 is 2.54 bits per heavy atom. The summed E-state index contributed by atoms with van der Waals surface area (Å²) in [6.07, 6.45) is 0. The SMILES string of the molecule is CCOC(=O)c1c(C)cc2nc(C(C)C)n(-c3ccccc3Cl)c(=O)c2c1C. The molecule has 146 valence electrons. The molecule has 0 bridgehead atoms. The number of esters is 1. The number of hydrogen-bond acceptors (Lipinski definition) is 4. The van der Waals surface area contributed by atoms with Gasteiger partial charge in [-0.25, -0.2) is 9.78 Å². The van der Waals surface area contributed by atoms with E-state index < -0.39 is 5.97 Å². The van der Waals surface area contributed by atoms with Crippen LogP contribution >= 0.6 is 11.6 Å². The Morgan fingerprint density at radius 1 is 1.25 bits per heavy atom. The Bertz CT molecular complexity index is 1130. The minimum atomic E-state index is -0.434. The molecule has 0 aliphatic rings. The first-order chi connectivity index (χ1) is 13.3. The van der Waals surface area contributed by atoms with Gasteiger partial charge in [0.1, 0.15) is 5.82 Å². The maximum Gasteiger partial charge on any atom is 0.338 e. The van der Waals surface area contributed by atoms with Crippen LogP contribution in [-0.4, -0.2) is 22.1 Å². The van der Waals surface area contributed by atoms with Gasteiger partial charge in [0.2, 0.25) is 0 Å². The highest BCUT2D eigenvalue weighted by Crippen LogP contribution is 2.27. The highest BCUT2D eigenvalue weighted by atomic mass is 35.5. The van der Waals surface area contributed by atoms with E-state index >= 15 is 0 Å². The molecule has 0 radical (unpaired) electrons. The average Bonchev–Trinajstić information content (AvgIpc) is 2.62. The molecule has 0 spiro atoms. The van der Waals surface area contributed by atoms with E-state index in [0.29, 0.717) is 38.6 Å². The molecule has 0 fully saturated rings. The summed E-state index contributed by atoms with van der Waals surface area (Å²) in [5.41, 5.74) is 2.62. The third-order valence-electron chi connectivity index (χ3n) is 4.72. The molecule has 1 aromatic heterocycles. The summed E-state index contributed by atoms with van der Waals surface area (Å²) >= 11 is 6.38. The number of para-hydroxylation sites is 1. The summed E-state index contributed by atoms with van der Waals surface area (Å²) in [7, 11) is 0. The van der Waals surface area contributed by atoms with Gasteiger partial charge >= 0.3 is 5.97 Å². The number of carbonyl (C=O) groups is 1. The zero-order valence-electron chi connectivity index (χ0n) is 16.7. The lowest BCUT2D eigenvalue weighted by Crippen LogP contribution is -2.26. The van der Waals surface area contributed by atoms with Crippen molar-refractivity contribution in [2.75, 3.05) is 6.61 Å². The maximum absolute atomic E-state index is 13.6. The van der Waals surface area contributed by atoms with Crippen molar-refractivity contribution in [1.82, 2.24) is 9.55 Å². The fraction of sp³-hybridized carbons (Fsp3) is 0.318. The van der Waals surface area contributed by atoms with Crippen LogP contribution < -0.4 is 5.56 Å². The first-order valence-corrected chi connectivity index (χ1v) is 9.64. The number of aryl methyl sites for hydroxylation is 2.